The topological polar surface area (TPSA) is 20.3 Å². The van der Waals surface area contributed by atoms with Gasteiger partial charge in [-0.25, -0.2) is 8.78 Å². The highest BCUT2D eigenvalue weighted by Gasteiger charge is 2.19. The predicted octanol–water partition coefficient (Wildman–Crippen LogP) is 3.27. The van der Waals surface area contributed by atoms with Crippen molar-refractivity contribution in [2.45, 2.75) is 26.7 Å². The first-order valence-corrected chi connectivity index (χ1v) is 6.29. The quantitative estimate of drug-likeness (QED) is 0.697. The molecular formula is C14H19F2NO. The number of Topliss-reactive ketones (excluding diaryl/α,β-unsaturated/α-hetero) is 1. The number of nitrogens with zero attached hydrogens (tertiary/aromatic N) is 1. The maximum Gasteiger partial charge on any atom is 0.182 e. The average Bonchev–Trinajstić information content (AvgIpc) is 2.29. The Morgan fingerprint density at radius 3 is 2.06 bits per heavy atom. The molecule has 0 N–H and O–H groups in total. The summed E-state index contributed by atoms with van der Waals surface area (Å²) in [5.41, 5.74) is -0.422. The van der Waals surface area contributed by atoms with Gasteiger partial charge < -0.3 is 0 Å². The van der Waals surface area contributed by atoms with Gasteiger partial charge in [-0.3, -0.25) is 9.69 Å². The van der Waals surface area contributed by atoms with E-state index in [2.05, 4.69) is 0 Å². The van der Waals surface area contributed by atoms with Crippen LogP contribution < -0.4 is 0 Å². The Hall–Kier alpha value is -1.29. The fourth-order valence-electron chi connectivity index (χ4n) is 1.95. The lowest BCUT2D eigenvalue weighted by molar-refractivity contribution is 0.0922. The molecule has 2 nitrogen and oxygen atoms in total. The molecule has 0 saturated carbocycles. The van der Waals surface area contributed by atoms with Crippen molar-refractivity contribution in [3.8, 4) is 0 Å². The normalized spacial score (nSPS) is 10.9. The van der Waals surface area contributed by atoms with Crippen molar-refractivity contribution in [3.63, 3.8) is 0 Å². The Labute approximate surface area is 107 Å². The zero-order chi connectivity index (χ0) is 13.5. The summed E-state index contributed by atoms with van der Waals surface area (Å²) in [6, 6.07) is 3.48. The van der Waals surface area contributed by atoms with Crippen LogP contribution in [0.3, 0.4) is 0 Å². The van der Waals surface area contributed by atoms with Crippen LogP contribution in [0.15, 0.2) is 18.2 Å². The van der Waals surface area contributed by atoms with Gasteiger partial charge in [-0.2, -0.15) is 0 Å². The van der Waals surface area contributed by atoms with E-state index in [1.807, 2.05) is 18.7 Å². The highest BCUT2D eigenvalue weighted by atomic mass is 19.1. The molecule has 0 heterocycles. The van der Waals surface area contributed by atoms with Crippen molar-refractivity contribution >= 4 is 5.78 Å². The largest absolute Gasteiger partial charge is 0.296 e. The van der Waals surface area contributed by atoms with Gasteiger partial charge in [0, 0.05) is 0 Å². The minimum absolute atomic E-state index is 0.0690. The molecule has 18 heavy (non-hydrogen) atoms. The average molecular weight is 255 g/mol. The zero-order valence-electron chi connectivity index (χ0n) is 10.9. The van der Waals surface area contributed by atoms with Crippen LogP contribution in [0.1, 0.15) is 37.0 Å². The van der Waals surface area contributed by atoms with E-state index in [9.17, 15) is 13.6 Å². The van der Waals surface area contributed by atoms with Crippen LogP contribution in [0.2, 0.25) is 0 Å². The number of rotatable bonds is 7. The van der Waals surface area contributed by atoms with E-state index >= 15 is 0 Å². The van der Waals surface area contributed by atoms with Crippen LogP contribution in [-0.4, -0.2) is 30.3 Å². The standard InChI is InChI=1S/C14H19F2NO/c1-3-8-17(9-4-2)10-13(18)14-11(15)6-5-7-12(14)16/h5-7H,3-4,8-10H2,1-2H3. The van der Waals surface area contributed by atoms with Gasteiger partial charge in [0.15, 0.2) is 5.78 Å². The first kappa shape index (κ1) is 14.8. The summed E-state index contributed by atoms with van der Waals surface area (Å²) in [5, 5.41) is 0. The summed E-state index contributed by atoms with van der Waals surface area (Å²) in [6.45, 7) is 5.61. The van der Waals surface area contributed by atoms with Crippen molar-refractivity contribution in [2.24, 2.45) is 0 Å². The highest BCUT2D eigenvalue weighted by molar-refractivity contribution is 5.98. The molecule has 0 spiro atoms. The number of carbonyl (C=O) groups excluding carboxylic acids is 1. The van der Waals surface area contributed by atoms with Gasteiger partial charge in [0.05, 0.1) is 12.1 Å². The van der Waals surface area contributed by atoms with Gasteiger partial charge in [-0.1, -0.05) is 19.9 Å². The molecule has 0 aliphatic rings. The van der Waals surface area contributed by atoms with Gasteiger partial charge >= 0.3 is 0 Å². The third-order valence-corrected chi connectivity index (χ3v) is 2.69. The summed E-state index contributed by atoms with van der Waals surface area (Å²) in [5.74, 6) is -2.06. The molecule has 0 amide bonds. The zero-order valence-corrected chi connectivity index (χ0v) is 10.9. The SMILES string of the molecule is CCCN(CCC)CC(=O)c1c(F)cccc1F. The maximum absolute atomic E-state index is 13.4. The fourth-order valence-corrected chi connectivity index (χ4v) is 1.95. The van der Waals surface area contributed by atoms with E-state index in [1.165, 1.54) is 6.07 Å². The fraction of sp³-hybridized carbons (Fsp3) is 0.500. The Morgan fingerprint density at radius 2 is 1.61 bits per heavy atom. The number of carbonyl (C=O) groups is 1. The van der Waals surface area contributed by atoms with Gasteiger partial charge in [-0.05, 0) is 38.1 Å². The van der Waals surface area contributed by atoms with E-state index in [0.29, 0.717) is 0 Å². The molecule has 1 aromatic rings. The van der Waals surface area contributed by atoms with Crippen LogP contribution in [0.25, 0.3) is 0 Å². The molecule has 0 radical (unpaired) electrons. The van der Waals surface area contributed by atoms with E-state index in [-0.39, 0.29) is 6.54 Å². The minimum atomic E-state index is -0.784. The van der Waals surface area contributed by atoms with Crippen molar-refractivity contribution in [3.05, 3.63) is 35.4 Å². The Morgan fingerprint density at radius 1 is 1.11 bits per heavy atom. The maximum atomic E-state index is 13.4. The van der Waals surface area contributed by atoms with Crippen LogP contribution in [-0.2, 0) is 0 Å². The van der Waals surface area contributed by atoms with Gasteiger partial charge in [0.25, 0.3) is 0 Å². The molecule has 0 unspecified atom stereocenters. The van der Waals surface area contributed by atoms with Crippen molar-refractivity contribution in [1.29, 1.82) is 0 Å². The molecule has 0 aliphatic heterocycles. The van der Waals surface area contributed by atoms with Gasteiger partial charge in [0.2, 0.25) is 0 Å². The van der Waals surface area contributed by atoms with Crippen LogP contribution >= 0.6 is 0 Å². The number of ketones is 1. The first-order valence-electron chi connectivity index (χ1n) is 6.29. The Kier molecular flexibility index (Phi) is 5.92. The van der Waals surface area contributed by atoms with E-state index in [4.69, 9.17) is 0 Å². The summed E-state index contributed by atoms with van der Waals surface area (Å²) in [7, 11) is 0. The van der Waals surface area contributed by atoms with Crippen molar-refractivity contribution in [1.82, 2.24) is 4.90 Å². The lowest BCUT2D eigenvalue weighted by Gasteiger charge is -2.20. The molecule has 0 aliphatic carbocycles. The van der Waals surface area contributed by atoms with Crippen LogP contribution in [0, 0.1) is 11.6 Å². The molecule has 0 saturated heterocycles. The third kappa shape index (κ3) is 3.88. The molecule has 0 atom stereocenters. The third-order valence-electron chi connectivity index (χ3n) is 2.69. The Bertz CT molecular complexity index is 381. The second-order valence-corrected chi connectivity index (χ2v) is 4.30. The molecule has 0 aromatic heterocycles. The van der Waals surface area contributed by atoms with E-state index in [0.717, 1.165) is 38.1 Å². The Balaban J connectivity index is 2.80. The van der Waals surface area contributed by atoms with Gasteiger partial charge in [-0.15, -0.1) is 0 Å². The smallest absolute Gasteiger partial charge is 0.182 e. The van der Waals surface area contributed by atoms with E-state index in [1.54, 1.807) is 0 Å². The molecule has 4 heteroatoms. The second-order valence-electron chi connectivity index (χ2n) is 4.30. The second kappa shape index (κ2) is 7.21. The lowest BCUT2D eigenvalue weighted by Crippen LogP contribution is -2.32. The number of benzene rings is 1. The molecular weight excluding hydrogens is 236 g/mol. The number of halogens is 2. The van der Waals surface area contributed by atoms with Gasteiger partial charge in [0.1, 0.15) is 11.6 Å². The molecule has 100 valence electrons. The van der Waals surface area contributed by atoms with Crippen LogP contribution in [0.4, 0.5) is 8.78 Å². The number of hydrogen-bond acceptors (Lipinski definition) is 2. The molecule has 1 rings (SSSR count). The molecule has 0 bridgehead atoms. The molecule has 0 fully saturated rings. The number of hydrogen-bond donors (Lipinski definition) is 0. The first-order chi connectivity index (χ1) is 8.60. The van der Waals surface area contributed by atoms with Crippen molar-refractivity contribution in [2.75, 3.05) is 19.6 Å². The van der Waals surface area contributed by atoms with Crippen molar-refractivity contribution < 1.29 is 13.6 Å². The lowest BCUT2D eigenvalue weighted by atomic mass is 10.1. The highest BCUT2D eigenvalue weighted by Crippen LogP contribution is 2.13. The summed E-state index contributed by atoms with van der Waals surface area (Å²) < 4.78 is 26.9. The van der Waals surface area contributed by atoms with E-state index < -0.39 is 23.0 Å². The summed E-state index contributed by atoms with van der Waals surface area (Å²) in [4.78, 5) is 13.8. The molecule has 1 aromatic carbocycles. The summed E-state index contributed by atoms with van der Waals surface area (Å²) in [6.07, 6.45) is 1.82. The minimum Gasteiger partial charge on any atom is -0.296 e. The van der Waals surface area contributed by atoms with Crippen LogP contribution in [0.5, 0.6) is 0 Å². The predicted molar refractivity (Wildman–Crippen MR) is 67.7 cm³/mol. The summed E-state index contributed by atoms with van der Waals surface area (Å²) >= 11 is 0. The monoisotopic (exact) mass is 255 g/mol.